The van der Waals surface area contributed by atoms with Crippen molar-refractivity contribution in [3.05, 3.63) is 29.3 Å². The van der Waals surface area contributed by atoms with Crippen molar-refractivity contribution in [2.75, 3.05) is 5.88 Å². The van der Waals surface area contributed by atoms with Gasteiger partial charge in [0.15, 0.2) is 0 Å². The predicted molar refractivity (Wildman–Crippen MR) is 90.1 cm³/mol. The third kappa shape index (κ3) is 4.97. The van der Waals surface area contributed by atoms with Gasteiger partial charge in [-0.1, -0.05) is 25.2 Å². The van der Waals surface area contributed by atoms with E-state index in [9.17, 15) is 0 Å². The van der Waals surface area contributed by atoms with E-state index < -0.39 is 0 Å². The van der Waals surface area contributed by atoms with Crippen molar-refractivity contribution >= 4 is 11.6 Å². The third-order valence-corrected chi connectivity index (χ3v) is 4.48. The van der Waals surface area contributed by atoms with Crippen molar-refractivity contribution in [3.8, 4) is 17.6 Å². The van der Waals surface area contributed by atoms with E-state index in [1.54, 1.807) is 0 Å². The van der Waals surface area contributed by atoms with Crippen LogP contribution in [0.5, 0.6) is 5.75 Å². The molecule has 0 radical (unpaired) electrons. The van der Waals surface area contributed by atoms with E-state index in [0.717, 1.165) is 23.7 Å². The minimum Gasteiger partial charge on any atom is -0.490 e. The van der Waals surface area contributed by atoms with Crippen LogP contribution in [0.4, 0.5) is 0 Å². The summed E-state index contributed by atoms with van der Waals surface area (Å²) in [5, 5.41) is 0. The minimum atomic E-state index is 0.389. The molecule has 0 bridgehead atoms. The Labute approximate surface area is 134 Å². The van der Waals surface area contributed by atoms with Gasteiger partial charge < -0.3 is 4.74 Å². The molecule has 0 unspecified atom stereocenters. The fourth-order valence-electron chi connectivity index (χ4n) is 2.91. The molecule has 0 aliphatic heterocycles. The van der Waals surface area contributed by atoms with Gasteiger partial charge in [-0.15, -0.1) is 11.6 Å². The Bertz CT molecular complexity index is 504. The standard InChI is InChI=1S/C19H25ClO/c1-3-16-7-10-18(11-8-16)21-19-12-9-17(14-15(19)2)6-4-5-13-20/h9,12,14,16,18H,3,5,7-8,10-11,13H2,1-2H3. The lowest BCUT2D eigenvalue weighted by molar-refractivity contribution is 0.129. The molecule has 0 spiro atoms. The van der Waals surface area contributed by atoms with Crippen LogP contribution in [0.3, 0.4) is 0 Å². The van der Waals surface area contributed by atoms with Crippen molar-refractivity contribution in [2.24, 2.45) is 5.92 Å². The summed E-state index contributed by atoms with van der Waals surface area (Å²) in [6, 6.07) is 6.21. The Balaban J connectivity index is 1.94. The number of aryl methyl sites for hydroxylation is 1. The molecule has 0 aromatic heterocycles. The molecule has 1 fully saturated rings. The zero-order chi connectivity index (χ0) is 15.1. The van der Waals surface area contributed by atoms with Gasteiger partial charge >= 0.3 is 0 Å². The predicted octanol–water partition coefficient (Wildman–Crippen LogP) is 5.32. The van der Waals surface area contributed by atoms with Crippen LogP contribution in [-0.2, 0) is 0 Å². The van der Waals surface area contributed by atoms with Gasteiger partial charge in [-0.25, -0.2) is 0 Å². The molecule has 0 atom stereocenters. The molecule has 1 aliphatic carbocycles. The van der Waals surface area contributed by atoms with E-state index in [2.05, 4.69) is 37.8 Å². The Morgan fingerprint density at radius 2 is 2.00 bits per heavy atom. The highest BCUT2D eigenvalue weighted by Crippen LogP contribution is 2.30. The molecule has 0 N–H and O–H groups in total. The van der Waals surface area contributed by atoms with Gasteiger partial charge in [0.1, 0.15) is 5.75 Å². The van der Waals surface area contributed by atoms with Crippen molar-refractivity contribution in [2.45, 2.75) is 58.5 Å². The maximum atomic E-state index is 6.19. The van der Waals surface area contributed by atoms with Crippen LogP contribution in [0.2, 0.25) is 0 Å². The zero-order valence-electron chi connectivity index (χ0n) is 13.1. The van der Waals surface area contributed by atoms with Gasteiger partial charge in [0, 0.05) is 17.9 Å². The lowest BCUT2D eigenvalue weighted by Crippen LogP contribution is -2.24. The summed E-state index contributed by atoms with van der Waals surface area (Å²) in [6.45, 7) is 4.39. The third-order valence-electron chi connectivity index (χ3n) is 4.29. The average Bonchev–Trinajstić information content (AvgIpc) is 2.51. The smallest absolute Gasteiger partial charge is 0.122 e. The highest BCUT2D eigenvalue weighted by atomic mass is 35.5. The van der Waals surface area contributed by atoms with Crippen LogP contribution in [-0.4, -0.2) is 12.0 Å². The van der Waals surface area contributed by atoms with Crippen molar-refractivity contribution in [1.29, 1.82) is 0 Å². The largest absolute Gasteiger partial charge is 0.490 e. The molecule has 114 valence electrons. The molecule has 0 heterocycles. The number of hydrogen-bond acceptors (Lipinski definition) is 1. The van der Waals surface area contributed by atoms with Gasteiger partial charge in [0.2, 0.25) is 0 Å². The summed E-state index contributed by atoms with van der Waals surface area (Å²) in [4.78, 5) is 0. The Hall–Kier alpha value is -1.13. The highest BCUT2D eigenvalue weighted by Gasteiger charge is 2.21. The summed E-state index contributed by atoms with van der Waals surface area (Å²) in [5.41, 5.74) is 2.21. The topological polar surface area (TPSA) is 9.23 Å². The van der Waals surface area contributed by atoms with Crippen LogP contribution in [0.25, 0.3) is 0 Å². The maximum Gasteiger partial charge on any atom is 0.122 e. The first kappa shape index (κ1) is 16.2. The second-order valence-electron chi connectivity index (χ2n) is 5.89. The number of benzene rings is 1. The molecular formula is C19H25ClO. The first-order valence-electron chi connectivity index (χ1n) is 8.05. The summed E-state index contributed by atoms with van der Waals surface area (Å²) in [5.74, 6) is 8.72. The number of ether oxygens (including phenoxy) is 1. The Morgan fingerprint density at radius 1 is 1.24 bits per heavy atom. The van der Waals surface area contributed by atoms with Gasteiger partial charge in [-0.2, -0.15) is 0 Å². The number of hydrogen-bond donors (Lipinski definition) is 0. The van der Waals surface area contributed by atoms with Gasteiger partial charge in [0.25, 0.3) is 0 Å². The van der Waals surface area contributed by atoms with Gasteiger partial charge in [-0.05, 0) is 62.3 Å². The molecule has 1 aromatic carbocycles. The molecule has 2 rings (SSSR count). The van der Waals surface area contributed by atoms with Crippen molar-refractivity contribution < 1.29 is 4.74 Å². The zero-order valence-corrected chi connectivity index (χ0v) is 13.9. The monoisotopic (exact) mass is 304 g/mol. The van der Waals surface area contributed by atoms with Crippen LogP contribution in [0.15, 0.2) is 18.2 Å². The van der Waals surface area contributed by atoms with E-state index in [1.807, 2.05) is 6.07 Å². The number of halogens is 1. The first-order chi connectivity index (χ1) is 10.2. The molecule has 0 saturated heterocycles. The fourth-order valence-corrected chi connectivity index (χ4v) is 3.00. The van der Waals surface area contributed by atoms with E-state index >= 15 is 0 Å². The summed E-state index contributed by atoms with van der Waals surface area (Å²) in [6.07, 6.45) is 7.43. The fraction of sp³-hybridized carbons (Fsp3) is 0.579. The lowest BCUT2D eigenvalue weighted by atomic mass is 9.86. The number of alkyl halides is 1. The second kappa shape index (κ2) is 8.35. The van der Waals surface area contributed by atoms with Crippen LogP contribution in [0.1, 0.15) is 56.6 Å². The SMILES string of the molecule is CCC1CCC(Oc2ccc(C#CCCCl)cc2C)CC1. The van der Waals surface area contributed by atoms with Crippen LogP contribution >= 0.6 is 11.6 Å². The van der Waals surface area contributed by atoms with Gasteiger partial charge in [0.05, 0.1) is 6.10 Å². The molecule has 1 aromatic rings. The quantitative estimate of drug-likeness (QED) is 0.540. The van der Waals surface area contributed by atoms with E-state index in [1.165, 1.54) is 37.7 Å². The van der Waals surface area contributed by atoms with E-state index in [-0.39, 0.29) is 0 Å². The Kier molecular flexibility index (Phi) is 6.46. The van der Waals surface area contributed by atoms with Crippen LogP contribution in [0, 0.1) is 24.7 Å². The molecule has 2 heteroatoms. The highest BCUT2D eigenvalue weighted by molar-refractivity contribution is 6.18. The lowest BCUT2D eigenvalue weighted by Gasteiger charge is -2.28. The normalized spacial score (nSPS) is 21.5. The van der Waals surface area contributed by atoms with E-state index in [0.29, 0.717) is 12.0 Å². The first-order valence-corrected chi connectivity index (χ1v) is 8.58. The number of rotatable bonds is 4. The van der Waals surface area contributed by atoms with Gasteiger partial charge in [-0.3, -0.25) is 0 Å². The summed E-state index contributed by atoms with van der Waals surface area (Å²) >= 11 is 5.63. The maximum absolute atomic E-state index is 6.19. The van der Waals surface area contributed by atoms with Crippen molar-refractivity contribution in [1.82, 2.24) is 0 Å². The molecule has 0 amide bonds. The summed E-state index contributed by atoms with van der Waals surface area (Å²) in [7, 11) is 0. The van der Waals surface area contributed by atoms with Crippen molar-refractivity contribution in [3.63, 3.8) is 0 Å². The van der Waals surface area contributed by atoms with E-state index in [4.69, 9.17) is 16.3 Å². The second-order valence-corrected chi connectivity index (χ2v) is 6.27. The molecule has 1 aliphatic rings. The molecule has 1 saturated carbocycles. The van der Waals surface area contributed by atoms with Crippen LogP contribution < -0.4 is 4.74 Å². The average molecular weight is 305 g/mol. The molecule has 21 heavy (non-hydrogen) atoms. The molecular weight excluding hydrogens is 280 g/mol. The minimum absolute atomic E-state index is 0.389. The summed E-state index contributed by atoms with van der Waals surface area (Å²) < 4.78 is 6.19. The molecule has 1 nitrogen and oxygen atoms in total. The Morgan fingerprint density at radius 3 is 2.62 bits per heavy atom.